The Kier molecular flexibility index (Phi) is 5.83. The first-order chi connectivity index (χ1) is 11.3. The maximum Gasteiger partial charge on any atom is 0.226 e. The van der Waals surface area contributed by atoms with Gasteiger partial charge in [-0.1, -0.05) is 36.8 Å². The van der Waals surface area contributed by atoms with E-state index in [1.807, 2.05) is 6.07 Å². The molecule has 0 radical (unpaired) electrons. The van der Waals surface area contributed by atoms with Gasteiger partial charge in [-0.2, -0.15) is 0 Å². The van der Waals surface area contributed by atoms with Crippen LogP contribution >= 0.6 is 12.4 Å². The Morgan fingerprint density at radius 3 is 2.25 bits per heavy atom. The molecule has 1 aliphatic carbocycles. The molecule has 24 heavy (non-hydrogen) atoms. The van der Waals surface area contributed by atoms with Gasteiger partial charge >= 0.3 is 0 Å². The molecule has 0 unspecified atom stereocenters. The van der Waals surface area contributed by atoms with E-state index in [4.69, 9.17) is 0 Å². The number of amides is 1. The van der Waals surface area contributed by atoms with Gasteiger partial charge in [0.25, 0.3) is 0 Å². The second-order valence-corrected chi connectivity index (χ2v) is 7.51. The molecule has 2 heterocycles. The van der Waals surface area contributed by atoms with Crippen molar-refractivity contribution in [3.05, 3.63) is 35.9 Å². The van der Waals surface area contributed by atoms with Gasteiger partial charge in [-0.05, 0) is 56.7 Å². The van der Waals surface area contributed by atoms with Gasteiger partial charge in [0, 0.05) is 25.0 Å². The van der Waals surface area contributed by atoms with Crippen molar-refractivity contribution in [1.29, 1.82) is 0 Å². The summed E-state index contributed by atoms with van der Waals surface area (Å²) in [6, 6.07) is 11.3. The fourth-order valence-electron chi connectivity index (χ4n) is 4.51. The molecule has 2 saturated heterocycles. The van der Waals surface area contributed by atoms with E-state index in [2.05, 4.69) is 34.1 Å². The average molecular weight is 349 g/mol. The van der Waals surface area contributed by atoms with Crippen LogP contribution in [0.5, 0.6) is 0 Å². The first-order valence-electron chi connectivity index (χ1n) is 9.41. The summed E-state index contributed by atoms with van der Waals surface area (Å²) in [7, 11) is 0. The Balaban J connectivity index is 0.00000169. The standard InChI is InChI=1S/C20H28N2O.ClH/c23-20(19-15-18(19)16-7-3-1-4-8-16)22-13-9-17(10-14-22)21-11-5-2-6-12-21;/h1,3-4,7-8,17-19H,2,5-6,9-15H2;1H/t18-,19+;/m0./s1. The van der Waals surface area contributed by atoms with Gasteiger partial charge in [-0.15, -0.1) is 12.4 Å². The van der Waals surface area contributed by atoms with Crippen LogP contribution in [0.25, 0.3) is 0 Å². The third-order valence-corrected chi connectivity index (χ3v) is 6.02. The maximum absolute atomic E-state index is 12.7. The Morgan fingerprint density at radius 2 is 1.58 bits per heavy atom. The molecule has 2 atom stereocenters. The van der Waals surface area contributed by atoms with Crippen LogP contribution in [-0.4, -0.2) is 47.9 Å². The Labute approximate surface area is 151 Å². The van der Waals surface area contributed by atoms with Crippen molar-refractivity contribution in [3.63, 3.8) is 0 Å². The van der Waals surface area contributed by atoms with Crippen molar-refractivity contribution < 1.29 is 4.79 Å². The number of likely N-dealkylation sites (tertiary alicyclic amines) is 2. The highest BCUT2D eigenvalue weighted by molar-refractivity contribution is 5.85. The van der Waals surface area contributed by atoms with Gasteiger partial charge < -0.3 is 9.80 Å². The number of hydrogen-bond acceptors (Lipinski definition) is 2. The van der Waals surface area contributed by atoms with Crippen molar-refractivity contribution in [2.24, 2.45) is 5.92 Å². The van der Waals surface area contributed by atoms with Gasteiger partial charge in [-0.25, -0.2) is 0 Å². The fraction of sp³-hybridized carbons (Fsp3) is 0.650. The highest BCUT2D eigenvalue weighted by atomic mass is 35.5. The van der Waals surface area contributed by atoms with E-state index < -0.39 is 0 Å². The van der Waals surface area contributed by atoms with E-state index in [0.717, 1.165) is 25.6 Å². The molecule has 1 saturated carbocycles. The minimum absolute atomic E-state index is 0. The highest BCUT2D eigenvalue weighted by Crippen LogP contribution is 2.48. The molecule has 1 aromatic rings. The van der Waals surface area contributed by atoms with E-state index in [9.17, 15) is 4.79 Å². The van der Waals surface area contributed by atoms with Crippen molar-refractivity contribution >= 4 is 18.3 Å². The zero-order valence-electron chi connectivity index (χ0n) is 14.4. The summed E-state index contributed by atoms with van der Waals surface area (Å²) in [6.07, 6.45) is 7.52. The van der Waals surface area contributed by atoms with Crippen molar-refractivity contribution in [2.45, 2.75) is 50.5 Å². The number of carbonyl (C=O) groups is 1. The molecule has 0 N–H and O–H groups in total. The summed E-state index contributed by atoms with van der Waals surface area (Å²) in [5.41, 5.74) is 1.34. The van der Waals surface area contributed by atoms with Gasteiger partial charge in [0.2, 0.25) is 5.91 Å². The number of nitrogens with zero attached hydrogens (tertiary/aromatic N) is 2. The van der Waals surface area contributed by atoms with Crippen LogP contribution in [0.4, 0.5) is 0 Å². The van der Waals surface area contributed by atoms with Crippen molar-refractivity contribution in [2.75, 3.05) is 26.2 Å². The number of carbonyl (C=O) groups excluding carboxylic acids is 1. The van der Waals surface area contributed by atoms with Crippen LogP contribution in [0.1, 0.15) is 50.0 Å². The van der Waals surface area contributed by atoms with Crippen molar-refractivity contribution in [1.82, 2.24) is 9.80 Å². The Hall–Kier alpha value is -1.06. The molecule has 0 aromatic heterocycles. The molecule has 1 amide bonds. The Bertz CT molecular complexity index is 536. The van der Waals surface area contributed by atoms with Crippen LogP contribution in [0.15, 0.2) is 30.3 Å². The molecule has 3 nitrogen and oxygen atoms in total. The van der Waals surface area contributed by atoms with Gasteiger partial charge in [0.05, 0.1) is 0 Å². The predicted octanol–water partition coefficient (Wildman–Crippen LogP) is 3.69. The first-order valence-corrected chi connectivity index (χ1v) is 9.41. The first kappa shape index (κ1) is 17.8. The second-order valence-electron chi connectivity index (χ2n) is 7.51. The third kappa shape index (κ3) is 3.78. The number of piperidine rings is 2. The summed E-state index contributed by atoms with van der Waals surface area (Å²) in [6.45, 7) is 4.49. The maximum atomic E-state index is 12.7. The highest BCUT2D eigenvalue weighted by Gasteiger charge is 2.46. The van der Waals surface area contributed by atoms with E-state index >= 15 is 0 Å². The second kappa shape index (κ2) is 7.88. The number of benzene rings is 1. The van der Waals surface area contributed by atoms with Gasteiger partial charge in [0.15, 0.2) is 0 Å². The van der Waals surface area contributed by atoms with Crippen molar-refractivity contribution in [3.8, 4) is 0 Å². The number of rotatable bonds is 3. The molecule has 0 bridgehead atoms. The lowest BCUT2D eigenvalue weighted by molar-refractivity contribution is -0.134. The molecule has 3 aliphatic rings. The smallest absolute Gasteiger partial charge is 0.226 e. The molecule has 132 valence electrons. The molecular formula is C20H29ClN2O. The van der Waals surface area contributed by atoms with Crippen LogP contribution < -0.4 is 0 Å². The third-order valence-electron chi connectivity index (χ3n) is 6.02. The summed E-state index contributed by atoms with van der Waals surface area (Å²) in [4.78, 5) is 17.6. The van der Waals surface area contributed by atoms with E-state index in [1.165, 1.54) is 50.8 Å². The zero-order chi connectivity index (χ0) is 15.6. The Morgan fingerprint density at radius 1 is 0.917 bits per heavy atom. The van der Waals surface area contributed by atoms with Crippen LogP contribution in [-0.2, 0) is 4.79 Å². The summed E-state index contributed by atoms with van der Waals surface area (Å²) < 4.78 is 0. The van der Waals surface area contributed by atoms with Gasteiger partial charge in [-0.3, -0.25) is 4.79 Å². The molecule has 2 aliphatic heterocycles. The SMILES string of the molecule is Cl.O=C([C@@H]1C[C@H]1c1ccccc1)N1CCC(N2CCCCC2)CC1. The summed E-state index contributed by atoms with van der Waals surface area (Å²) in [5, 5.41) is 0. The lowest BCUT2D eigenvalue weighted by atomic mass is 9.99. The van der Waals surface area contributed by atoms with E-state index in [-0.39, 0.29) is 18.3 Å². The molecule has 4 rings (SSSR count). The van der Waals surface area contributed by atoms with Gasteiger partial charge in [0.1, 0.15) is 0 Å². The molecule has 4 heteroatoms. The molecule has 1 aromatic carbocycles. The largest absolute Gasteiger partial charge is 0.342 e. The molecular weight excluding hydrogens is 320 g/mol. The summed E-state index contributed by atoms with van der Waals surface area (Å²) in [5.74, 6) is 1.14. The molecule has 0 spiro atoms. The zero-order valence-corrected chi connectivity index (χ0v) is 15.2. The lowest BCUT2D eigenvalue weighted by Gasteiger charge is -2.40. The number of hydrogen-bond donors (Lipinski definition) is 0. The normalized spacial score (nSPS) is 28.2. The minimum atomic E-state index is 0. The minimum Gasteiger partial charge on any atom is -0.342 e. The van der Waals surface area contributed by atoms with Crippen LogP contribution in [0.3, 0.4) is 0 Å². The topological polar surface area (TPSA) is 23.6 Å². The summed E-state index contributed by atoms with van der Waals surface area (Å²) >= 11 is 0. The number of halogens is 1. The van der Waals surface area contributed by atoms with E-state index in [1.54, 1.807) is 0 Å². The lowest BCUT2D eigenvalue weighted by Crippen LogP contribution is -2.48. The van der Waals surface area contributed by atoms with Crippen LogP contribution in [0, 0.1) is 5.92 Å². The quantitative estimate of drug-likeness (QED) is 0.831. The molecule has 3 fully saturated rings. The van der Waals surface area contributed by atoms with E-state index in [0.29, 0.717) is 11.8 Å². The fourth-order valence-corrected chi connectivity index (χ4v) is 4.51. The van der Waals surface area contributed by atoms with Crippen LogP contribution in [0.2, 0.25) is 0 Å². The average Bonchev–Trinajstić information content (AvgIpc) is 3.44. The monoisotopic (exact) mass is 348 g/mol. The predicted molar refractivity (Wildman–Crippen MR) is 99.6 cm³/mol.